The number of hydrogen-bond donors (Lipinski definition) is 1. The first-order chi connectivity index (χ1) is 7.15. The Morgan fingerprint density at radius 3 is 2.80 bits per heavy atom. The topological polar surface area (TPSA) is 24.9 Å². The van der Waals surface area contributed by atoms with Gasteiger partial charge in [-0.15, -0.1) is 0 Å². The number of nitrogens with zero attached hydrogens (tertiary/aromatic N) is 1. The molecule has 0 unspecified atom stereocenters. The van der Waals surface area contributed by atoms with Crippen LogP contribution in [0.2, 0.25) is 5.02 Å². The summed E-state index contributed by atoms with van der Waals surface area (Å²) in [5.74, 6) is -0.414. The van der Waals surface area contributed by atoms with Crippen LogP contribution in [0.15, 0.2) is 24.3 Å². The summed E-state index contributed by atoms with van der Waals surface area (Å²) in [6.45, 7) is 1.92. The fourth-order valence-electron chi connectivity index (χ4n) is 1.14. The van der Waals surface area contributed by atoms with Gasteiger partial charge in [-0.05, 0) is 42.7 Å². The zero-order valence-corrected chi connectivity index (χ0v) is 9.49. The summed E-state index contributed by atoms with van der Waals surface area (Å²) in [5.41, 5.74) is 1.71. The molecule has 1 N–H and O–H groups in total. The molecule has 2 aromatic rings. The van der Waals surface area contributed by atoms with E-state index in [4.69, 9.17) is 11.6 Å². The number of rotatable bonds is 2. The lowest BCUT2D eigenvalue weighted by Crippen LogP contribution is -1.87. The zero-order chi connectivity index (χ0) is 10.8. The summed E-state index contributed by atoms with van der Waals surface area (Å²) in [6.07, 6.45) is 0. The van der Waals surface area contributed by atoms with E-state index < -0.39 is 5.82 Å². The van der Waals surface area contributed by atoms with Crippen LogP contribution in [0, 0.1) is 12.7 Å². The van der Waals surface area contributed by atoms with E-state index in [9.17, 15) is 4.39 Å². The Labute approximate surface area is 95.9 Å². The van der Waals surface area contributed by atoms with Crippen LogP contribution in [0.1, 0.15) is 5.69 Å². The van der Waals surface area contributed by atoms with Gasteiger partial charge in [0.1, 0.15) is 10.8 Å². The molecule has 1 aromatic carbocycles. The molecule has 78 valence electrons. The molecule has 1 aromatic heterocycles. The van der Waals surface area contributed by atoms with Crippen molar-refractivity contribution in [3.63, 3.8) is 0 Å². The van der Waals surface area contributed by atoms with Crippen molar-refractivity contribution in [3.8, 4) is 0 Å². The Bertz CT molecular complexity index is 484. The van der Waals surface area contributed by atoms with Gasteiger partial charge in [-0.25, -0.2) is 4.39 Å². The van der Waals surface area contributed by atoms with Gasteiger partial charge in [0.2, 0.25) is 0 Å². The maximum atomic E-state index is 12.9. The SMILES string of the molecule is Cc1cc(Nc2ccc(F)c(Cl)c2)sn1. The fourth-order valence-corrected chi connectivity index (χ4v) is 2.00. The molecule has 0 fully saturated rings. The minimum absolute atomic E-state index is 0.112. The molecule has 0 amide bonds. The first kappa shape index (κ1) is 10.4. The van der Waals surface area contributed by atoms with E-state index in [-0.39, 0.29) is 5.02 Å². The second kappa shape index (κ2) is 4.16. The lowest BCUT2D eigenvalue weighted by atomic mass is 10.3. The molecule has 2 nitrogen and oxygen atoms in total. The molecular formula is C10H8ClFN2S. The first-order valence-electron chi connectivity index (χ1n) is 4.30. The summed E-state index contributed by atoms with van der Waals surface area (Å²) < 4.78 is 17.0. The summed E-state index contributed by atoms with van der Waals surface area (Å²) in [4.78, 5) is 0. The van der Waals surface area contributed by atoms with Gasteiger partial charge in [0.15, 0.2) is 0 Å². The second-order valence-corrected chi connectivity index (χ2v) is 4.30. The quantitative estimate of drug-likeness (QED) is 0.861. The minimum Gasteiger partial charge on any atom is -0.346 e. The Hall–Kier alpha value is -1.13. The van der Waals surface area contributed by atoms with Crippen molar-refractivity contribution in [3.05, 3.63) is 40.8 Å². The standard InChI is InChI=1S/C10H8ClFN2S/c1-6-4-10(15-14-6)13-7-2-3-9(12)8(11)5-7/h2-5,13H,1H3. The summed E-state index contributed by atoms with van der Waals surface area (Å²) in [7, 11) is 0. The van der Waals surface area contributed by atoms with Gasteiger partial charge in [-0.1, -0.05) is 11.6 Å². The van der Waals surface area contributed by atoms with Crippen molar-refractivity contribution in [2.75, 3.05) is 5.32 Å². The number of anilines is 2. The van der Waals surface area contributed by atoms with Gasteiger partial charge in [0, 0.05) is 5.69 Å². The fraction of sp³-hybridized carbons (Fsp3) is 0.100. The maximum Gasteiger partial charge on any atom is 0.141 e. The molecule has 0 radical (unpaired) electrons. The highest BCUT2D eigenvalue weighted by Gasteiger charge is 2.02. The van der Waals surface area contributed by atoms with Crippen molar-refractivity contribution in [2.24, 2.45) is 0 Å². The molecule has 5 heteroatoms. The van der Waals surface area contributed by atoms with Crippen molar-refractivity contribution in [2.45, 2.75) is 6.92 Å². The molecule has 0 saturated carbocycles. The molecule has 0 aliphatic carbocycles. The largest absolute Gasteiger partial charge is 0.346 e. The maximum absolute atomic E-state index is 12.9. The molecule has 0 spiro atoms. The second-order valence-electron chi connectivity index (χ2n) is 3.09. The van der Waals surface area contributed by atoms with E-state index in [2.05, 4.69) is 9.69 Å². The lowest BCUT2D eigenvalue weighted by Gasteiger charge is -2.03. The predicted molar refractivity (Wildman–Crippen MR) is 61.5 cm³/mol. The molecular weight excluding hydrogens is 235 g/mol. The number of nitrogens with one attached hydrogen (secondary N) is 1. The average Bonchev–Trinajstić information content (AvgIpc) is 2.58. The van der Waals surface area contributed by atoms with Crippen molar-refractivity contribution in [1.82, 2.24) is 4.37 Å². The summed E-state index contributed by atoms with van der Waals surface area (Å²) in [6, 6.07) is 6.43. The van der Waals surface area contributed by atoms with E-state index in [1.54, 1.807) is 12.1 Å². The third-order valence-electron chi connectivity index (χ3n) is 1.82. The molecule has 0 atom stereocenters. The molecule has 1 heterocycles. The first-order valence-corrected chi connectivity index (χ1v) is 5.46. The van der Waals surface area contributed by atoms with E-state index in [0.717, 1.165) is 16.4 Å². The van der Waals surface area contributed by atoms with Crippen LogP contribution in [0.4, 0.5) is 15.1 Å². The molecule has 0 bridgehead atoms. The number of aromatic nitrogens is 1. The van der Waals surface area contributed by atoms with Gasteiger partial charge in [-0.3, -0.25) is 0 Å². The van der Waals surface area contributed by atoms with Crippen LogP contribution in [-0.2, 0) is 0 Å². The number of aryl methyl sites for hydroxylation is 1. The van der Waals surface area contributed by atoms with Crippen LogP contribution in [0.5, 0.6) is 0 Å². The van der Waals surface area contributed by atoms with Crippen LogP contribution in [0.3, 0.4) is 0 Å². The van der Waals surface area contributed by atoms with Crippen LogP contribution in [0.25, 0.3) is 0 Å². The van der Waals surface area contributed by atoms with E-state index in [0.29, 0.717) is 0 Å². The van der Waals surface area contributed by atoms with Gasteiger partial charge >= 0.3 is 0 Å². The van der Waals surface area contributed by atoms with Gasteiger partial charge < -0.3 is 5.32 Å². The van der Waals surface area contributed by atoms with Gasteiger partial charge in [-0.2, -0.15) is 4.37 Å². The monoisotopic (exact) mass is 242 g/mol. The van der Waals surface area contributed by atoms with Crippen LogP contribution >= 0.6 is 23.1 Å². The zero-order valence-electron chi connectivity index (χ0n) is 7.92. The molecule has 15 heavy (non-hydrogen) atoms. The molecule has 0 aliphatic heterocycles. The van der Waals surface area contributed by atoms with E-state index >= 15 is 0 Å². The number of benzene rings is 1. The lowest BCUT2D eigenvalue weighted by molar-refractivity contribution is 0.628. The Kier molecular flexibility index (Phi) is 2.88. The minimum atomic E-state index is -0.414. The van der Waals surface area contributed by atoms with Crippen molar-refractivity contribution >= 4 is 33.8 Å². The highest BCUT2D eigenvalue weighted by molar-refractivity contribution is 7.10. The number of halogens is 2. The van der Waals surface area contributed by atoms with Crippen LogP contribution < -0.4 is 5.32 Å². The van der Waals surface area contributed by atoms with E-state index in [1.165, 1.54) is 17.6 Å². The Morgan fingerprint density at radius 1 is 1.40 bits per heavy atom. The van der Waals surface area contributed by atoms with Crippen molar-refractivity contribution in [1.29, 1.82) is 0 Å². The summed E-state index contributed by atoms with van der Waals surface area (Å²) >= 11 is 7.01. The highest BCUT2D eigenvalue weighted by Crippen LogP contribution is 2.25. The third-order valence-corrected chi connectivity index (χ3v) is 2.90. The smallest absolute Gasteiger partial charge is 0.141 e. The highest BCUT2D eigenvalue weighted by atomic mass is 35.5. The Morgan fingerprint density at radius 2 is 2.20 bits per heavy atom. The van der Waals surface area contributed by atoms with Crippen molar-refractivity contribution < 1.29 is 4.39 Å². The summed E-state index contributed by atoms with van der Waals surface area (Å²) in [5, 5.41) is 4.12. The van der Waals surface area contributed by atoms with Crippen LogP contribution in [-0.4, -0.2) is 4.37 Å². The molecule has 2 rings (SSSR count). The average molecular weight is 243 g/mol. The predicted octanol–water partition coefficient (Wildman–Crippen LogP) is 3.99. The van der Waals surface area contributed by atoms with Gasteiger partial charge in [0.05, 0.1) is 10.7 Å². The van der Waals surface area contributed by atoms with Gasteiger partial charge in [0.25, 0.3) is 0 Å². The third kappa shape index (κ3) is 2.46. The Balaban J connectivity index is 2.21. The molecule has 0 saturated heterocycles. The normalized spacial score (nSPS) is 10.3. The molecule has 0 aliphatic rings. The van der Waals surface area contributed by atoms with E-state index in [1.807, 2.05) is 13.0 Å². The number of hydrogen-bond acceptors (Lipinski definition) is 3.